The lowest BCUT2D eigenvalue weighted by atomic mass is 10.2. The van der Waals surface area contributed by atoms with Gasteiger partial charge >= 0.3 is 11.9 Å². The van der Waals surface area contributed by atoms with Gasteiger partial charge in [-0.15, -0.1) is 0 Å². The van der Waals surface area contributed by atoms with Gasteiger partial charge in [0.15, 0.2) is 0 Å². The monoisotopic (exact) mass is 204 g/mol. The first-order chi connectivity index (χ1) is 6.43. The SMILES string of the molecule is C[C@@H]1CN(C)CCN1.O=C(O)C(=O)O. The zero-order valence-electron chi connectivity index (χ0n) is 8.36. The molecule has 1 aliphatic heterocycles. The van der Waals surface area contributed by atoms with Crippen LogP contribution in [0.4, 0.5) is 0 Å². The lowest BCUT2D eigenvalue weighted by Crippen LogP contribution is -2.47. The smallest absolute Gasteiger partial charge is 0.414 e. The number of aliphatic carboxylic acids is 2. The van der Waals surface area contributed by atoms with Gasteiger partial charge in [-0.1, -0.05) is 0 Å². The van der Waals surface area contributed by atoms with Crippen LogP contribution in [0.1, 0.15) is 6.92 Å². The van der Waals surface area contributed by atoms with E-state index < -0.39 is 11.9 Å². The third-order valence-corrected chi connectivity index (χ3v) is 1.75. The molecule has 0 spiro atoms. The molecule has 1 aliphatic rings. The lowest BCUT2D eigenvalue weighted by Gasteiger charge is -2.28. The summed E-state index contributed by atoms with van der Waals surface area (Å²) in [5.41, 5.74) is 0. The summed E-state index contributed by atoms with van der Waals surface area (Å²) in [7, 11) is 2.16. The molecule has 6 nitrogen and oxygen atoms in total. The molecule has 0 radical (unpaired) electrons. The molecule has 0 amide bonds. The van der Waals surface area contributed by atoms with Crippen LogP contribution >= 0.6 is 0 Å². The van der Waals surface area contributed by atoms with E-state index in [4.69, 9.17) is 19.8 Å². The van der Waals surface area contributed by atoms with Gasteiger partial charge in [0.2, 0.25) is 0 Å². The fourth-order valence-corrected chi connectivity index (χ4v) is 1.13. The summed E-state index contributed by atoms with van der Waals surface area (Å²) < 4.78 is 0. The maximum absolute atomic E-state index is 9.10. The summed E-state index contributed by atoms with van der Waals surface area (Å²) in [4.78, 5) is 20.5. The van der Waals surface area contributed by atoms with Crippen LogP contribution in [0.5, 0.6) is 0 Å². The van der Waals surface area contributed by atoms with E-state index in [0.29, 0.717) is 6.04 Å². The minimum atomic E-state index is -1.82. The second-order valence-corrected chi connectivity index (χ2v) is 3.23. The highest BCUT2D eigenvalue weighted by Crippen LogP contribution is 1.92. The average molecular weight is 204 g/mol. The van der Waals surface area contributed by atoms with E-state index in [1.165, 1.54) is 13.1 Å². The molecule has 1 atom stereocenters. The predicted molar refractivity (Wildman–Crippen MR) is 50.2 cm³/mol. The Morgan fingerprint density at radius 2 is 1.86 bits per heavy atom. The molecule has 1 rings (SSSR count). The third kappa shape index (κ3) is 6.38. The Balaban J connectivity index is 0.000000255. The molecule has 6 heteroatoms. The molecule has 1 fully saturated rings. The summed E-state index contributed by atoms with van der Waals surface area (Å²) >= 11 is 0. The first kappa shape index (κ1) is 12.9. The van der Waals surface area contributed by atoms with E-state index >= 15 is 0 Å². The molecule has 1 saturated heterocycles. The largest absolute Gasteiger partial charge is 0.473 e. The van der Waals surface area contributed by atoms with E-state index in [-0.39, 0.29) is 0 Å². The van der Waals surface area contributed by atoms with Crippen LogP contribution in [0.3, 0.4) is 0 Å². The minimum Gasteiger partial charge on any atom is -0.473 e. The summed E-state index contributed by atoms with van der Waals surface area (Å²) in [6.45, 7) is 5.76. The van der Waals surface area contributed by atoms with Gasteiger partial charge in [0.1, 0.15) is 0 Å². The van der Waals surface area contributed by atoms with Crippen molar-refractivity contribution in [2.24, 2.45) is 0 Å². The molecule has 82 valence electrons. The van der Waals surface area contributed by atoms with E-state index in [2.05, 4.69) is 24.2 Å². The molecule has 0 bridgehead atoms. The van der Waals surface area contributed by atoms with Gasteiger partial charge in [0.25, 0.3) is 0 Å². The molecule has 3 N–H and O–H groups in total. The van der Waals surface area contributed by atoms with Crippen LogP contribution in [0.25, 0.3) is 0 Å². The average Bonchev–Trinajstić information content (AvgIpc) is 2.04. The molecule has 0 aliphatic carbocycles. The number of carboxylic acids is 2. The van der Waals surface area contributed by atoms with Crippen molar-refractivity contribution >= 4 is 11.9 Å². The van der Waals surface area contributed by atoms with Gasteiger partial charge in [-0.2, -0.15) is 0 Å². The van der Waals surface area contributed by atoms with Crippen LogP contribution in [0, 0.1) is 0 Å². The Bertz CT molecular complexity index is 188. The summed E-state index contributed by atoms with van der Waals surface area (Å²) in [5, 5.41) is 18.2. The highest BCUT2D eigenvalue weighted by molar-refractivity contribution is 6.27. The predicted octanol–water partition coefficient (Wildman–Crippen LogP) is -0.934. The number of likely N-dealkylation sites (N-methyl/N-ethyl adjacent to an activating group) is 1. The molecule has 0 aromatic heterocycles. The van der Waals surface area contributed by atoms with Gasteiger partial charge in [-0.25, -0.2) is 9.59 Å². The Kier molecular flexibility index (Phi) is 5.82. The Hall–Kier alpha value is -1.14. The van der Waals surface area contributed by atoms with Crippen LogP contribution in [-0.2, 0) is 9.59 Å². The zero-order valence-corrected chi connectivity index (χ0v) is 8.36. The fraction of sp³-hybridized carbons (Fsp3) is 0.750. The van der Waals surface area contributed by atoms with Crippen molar-refractivity contribution in [1.29, 1.82) is 0 Å². The van der Waals surface area contributed by atoms with Gasteiger partial charge in [0.05, 0.1) is 0 Å². The molecular weight excluding hydrogens is 188 g/mol. The van der Waals surface area contributed by atoms with Gasteiger partial charge in [-0.05, 0) is 14.0 Å². The lowest BCUT2D eigenvalue weighted by molar-refractivity contribution is -0.159. The number of hydrogen-bond donors (Lipinski definition) is 3. The topological polar surface area (TPSA) is 89.9 Å². The number of nitrogens with one attached hydrogen (secondary N) is 1. The van der Waals surface area contributed by atoms with Crippen molar-refractivity contribution in [3.63, 3.8) is 0 Å². The van der Waals surface area contributed by atoms with Crippen molar-refractivity contribution in [2.45, 2.75) is 13.0 Å². The number of carboxylic acid groups (broad SMARTS) is 2. The zero-order chi connectivity index (χ0) is 11.1. The molecule has 1 heterocycles. The molecule has 0 saturated carbocycles. The van der Waals surface area contributed by atoms with Gasteiger partial charge in [0, 0.05) is 25.7 Å². The number of carbonyl (C=O) groups is 2. The number of nitrogens with zero attached hydrogens (tertiary/aromatic N) is 1. The molecular formula is C8H16N2O4. The fourth-order valence-electron chi connectivity index (χ4n) is 1.13. The standard InChI is InChI=1S/C6H14N2.C2H2O4/c1-6-5-8(2)4-3-7-6;3-1(4)2(5)6/h6-7H,3-5H2,1-2H3;(H,3,4)(H,5,6)/t6-;/m1./s1. The summed E-state index contributed by atoms with van der Waals surface area (Å²) in [5.74, 6) is -3.65. The van der Waals surface area contributed by atoms with Gasteiger partial charge in [-0.3, -0.25) is 0 Å². The summed E-state index contributed by atoms with van der Waals surface area (Å²) in [6.07, 6.45) is 0. The molecule has 0 aromatic rings. The van der Waals surface area contributed by atoms with Crippen molar-refractivity contribution in [2.75, 3.05) is 26.7 Å². The Labute approximate surface area is 82.5 Å². The second kappa shape index (κ2) is 6.33. The maximum atomic E-state index is 9.10. The van der Waals surface area contributed by atoms with Crippen LogP contribution in [-0.4, -0.2) is 59.8 Å². The number of piperazine rings is 1. The quantitative estimate of drug-likeness (QED) is 0.441. The minimum absolute atomic E-state index is 0.689. The van der Waals surface area contributed by atoms with Crippen molar-refractivity contribution in [3.05, 3.63) is 0 Å². The van der Waals surface area contributed by atoms with E-state index in [0.717, 1.165) is 6.54 Å². The van der Waals surface area contributed by atoms with Crippen LogP contribution in [0.15, 0.2) is 0 Å². The molecule has 14 heavy (non-hydrogen) atoms. The first-order valence-corrected chi connectivity index (χ1v) is 4.31. The van der Waals surface area contributed by atoms with E-state index in [1.807, 2.05) is 0 Å². The number of rotatable bonds is 0. The van der Waals surface area contributed by atoms with E-state index in [1.54, 1.807) is 0 Å². The molecule has 0 aromatic carbocycles. The van der Waals surface area contributed by atoms with E-state index in [9.17, 15) is 0 Å². The van der Waals surface area contributed by atoms with Crippen LogP contribution in [0.2, 0.25) is 0 Å². The summed E-state index contributed by atoms with van der Waals surface area (Å²) in [6, 6.07) is 0.689. The third-order valence-electron chi connectivity index (χ3n) is 1.75. The Morgan fingerprint density at radius 3 is 2.07 bits per heavy atom. The second-order valence-electron chi connectivity index (χ2n) is 3.23. The van der Waals surface area contributed by atoms with Crippen molar-refractivity contribution in [1.82, 2.24) is 10.2 Å². The van der Waals surface area contributed by atoms with Crippen molar-refractivity contribution in [3.8, 4) is 0 Å². The first-order valence-electron chi connectivity index (χ1n) is 4.31. The van der Waals surface area contributed by atoms with Gasteiger partial charge < -0.3 is 20.4 Å². The highest BCUT2D eigenvalue weighted by atomic mass is 16.4. The Morgan fingerprint density at radius 1 is 1.36 bits per heavy atom. The normalized spacial score (nSPS) is 22.0. The van der Waals surface area contributed by atoms with Crippen LogP contribution < -0.4 is 5.32 Å². The van der Waals surface area contributed by atoms with Crippen molar-refractivity contribution < 1.29 is 19.8 Å². The number of hydrogen-bond acceptors (Lipinski definition) is 4. The maximum Gasteiger partial charge on any atom is 0.414 e. The molecule has 0 unspecified atom stereocenters. The highest BCUT2D eigenvalue weighted by Gasteiger charge is 2.09.